The third-order valence-electron chi connectivity index (χ3n) is 3.80. The molecular formula is C15H24ClN3O. The van der Waals surface area contributed by atoms with Crippen LogP contribution in [-0.2, 0) is 4.79 Å². The Labute approximate surface area is 127 Å². The second kappa shape index (κ2) is 8.25. The van der Waals surface area contributed by atoms with Crippen LogP contribution >= 0.6 is 12.4 Å². The minimum Gasteiger partial charge on any atom is -0.339 e. The molecule has 1 saturated heterocycles. The van der Waals surface area contributed by atoms with Crippen LogP contribution in [0.15, 0.2) is 30.3 Å². The number of halogens is 1. The van der Waals surface area contributed by atoms with Gasteiger partial charge in [-0.3, -0.25) is 9.69 Å². The maximum Gasteiger partial charge on any atom is 0.236 e. The molecule has 1 aromatic rings. The van der Waals surface area contributed by atoms with E-state index in [1.807, 2.05) is 30.1 Å². The summed E-state index contributed by atoms with van der Waals surface area (Å²) in [4.78, 5) is 16.3. The first kappa shape index (κ1) is 17.0. The minimum atomic E-state index is 0. The zero-order valence-corrected chi connectivity index (χ0v) is 13.0. The summed E-state index contributed by atoms with van der Waals surface area (Å²) in [7, 11) is 2.01. The molecule has 0 spiro atoms. The largest absolute Gasteiger partial charge is 0.339 e. The maximum atomic E-state index is 12.2. The summed E-state index contributed by atoms with van der Waals surface area (Å²) in [6.07, 6.45) is 0. The molecule has 0 saturated carbocycles. The Morgan fingerprint density at radius 3 is 2.50 bits per heavy atom. The van der Waals surface area contributed by atoms with E-state index in [0.29, 0.717) is 6.54 Å². The highest BCUT2D eigenvalue weighted by atomic mass is 35.5. The molecule has 1 aliphatic heterocycles. The zero-order chi connectivity index (χ0) is 13.7. The highest BCUT2D eigenvalue weighted by Crippen LogP contribution is 2.17. The first-order chi connectivity index (χ1) is 9.18. The van der Waals surface area contributed by atoms with E-state index in [2.05, 4.69) is 29.3 Å². The van der Waals surface area contributed by atoms with Gasteiger partial charge in [0.2, 0.25) is 5.91 Å². The lowest BCUT2D eigenvalue weighted by atomic mass is 10.1. The molecule has 20 heavy (non-hydrogen) atoms. The van der Waals surface area contributed by atoms with Crippen molar-refractivity contribution in [3.63, 3.8) is 0 Å². The Kier molecular flexibility index (Phi) is 6.99. The summed E-state index contributed by atoms with van der Waals surface area (Å²) in [5.41, 5.74) is 1.25. The topological polar surface area (TPSA) is 35.6 Å². The van der Waals surface area contributed by atoms with Gasteiger partial charge in [-0.05, 0) is 19.5 Å². The molecule has 1 atom stereocenters. The van der Waals surface area contributed by atoms with E-state index in [1.54, 1.807) is 0 Å². The van der Waals surface area contributed by atoms with Crippen LogP contribution < -0.4 is 5.32 Å². The fourth-order valence-corrected chi connectivity index (χ4v) is 2.35. The average molecular weight is 298 g/mol. The van der Waals surface area contributed by atoms with Crippen molar-refractivity contribution in [2.45, 2.75) is 13.0 Å². The number of carbonyl (C=O) groups excluding carboxylic acids is 1. The van der Waals surface area contributed by atoms with Gasteiger partial charge in [-0.25, -0.2) is 0 Å². The number of rotatable bonds is 4. The maximum absolute atomic E-state index is 12.2. The zero-order valence-electron chi connectivity index (χ0n) is 12.2. The van der Waals surface area contributed by atoms with E-state index in [1.165, 1.54) is 5.56 Å². The number of amides is 1. The van der Waals surface area contributed by atoms with Gasteiger partial charge in [-0.2, -0.15) is 0 Å². The fraction of sp³-hybridized carbons (Fsp3) is 0.533. The summed E-state index contributed by atoms with van der Waals surface area (Å²) >= 11 is 0. The van der Waals surface area contributed by atoms with Gasteiger partial charge in [0.15, 0.2) is 0 Å². The van der Waals surface area contributed by atoms with E-state index in [9.17, 15) is 4.79 Å². The number of hydrogen-bond acceptors (Lipinski definition) is 3. The quantitative estimate of drug-likeness (QED) is 0.915. The second-order valence-electron chi connectivity index (χ2n) is 5.13. The van der Waals surface area contributed by atoms with Gasteiger partial charge in [-0.15, -0.1) is 12.4 Å². The molecule has 1 amide bonds. The second-order valence-corrected chi connectivity index (χ2v) is 5.13. The Morgan fingerprint density at radius 1 is 1.30 bits per heavy atom. The molecule has 0 bridgehead atoms. The SMILES string of the molecule is CC(c1ccccc1)N(C)CC(=O)N1CCNCC1.Cl. The third-order valence-corrected chi connectivity index (χ3v) is 3.80. The lowest BCUT2D eigenvalue weighted by Crippen LogP contribution is -2.49. The van der Waals surface area contributed by atoms with Gasteiger partial charge >= 0.3 is 0 Å². The van der Waals surface area contributed by atoms with Crippen LogP contribution in [0.5, 0.6) is 0 Å². The van der Waals surface area contributed by atoms with Crippen molar-refractivity contribution in [3.05, 3.63) is 35.9 Å². The molecule has 112 valence electrons. The fourth-order valence-electron chi connectivity index (χ4n) is 2.35. The summed E-state index contributed by atoms with van der Waals surface area (Å²) in [6, 6.07) is 10.6. The van der Waals surface area contributed by atoms with Crippen LogP contribution in [0.3, 0.4) is 0 Å². The van der Waals surface area contributed by atoms with Crippen molar-refractivity contribution < 1.29 is 4.79 Å². The standard InChI is InChI=1S/C15H23N3O.ClH/c1-13(14-6-4-3-5-7-14)17(2)12-15(19)18-10-8-16-9-11-18;/h3-7,13,16H,8-12H2,1-2H3;1H. The van der Waals surface area contributed by atoms with E-state index in [4.69, 9.17) is 0 Å². The van der Waals surface area contributed by atoms with Crippen LogP contribution in [0, 0.1) is 0 Å². The average Bonchev–Trinajstić information content (AvgIpc) is 2.48. The minimum absolute atomic E-state index is 0. The predicted molar refractivity (Wildman–Crippen MR) is 84.2 cm³/mol. The molecule has 1 heterocycles. The number of benzene rings is 1. The molecule has 4 nitrogen and oxygen atoms in total. The summed E-state index contributed by atoms with van der Waals surface area (Å²) in [6.45, 7) is 6.09. The lowest BCUT2D eigenvalue weighted by Gasteiger charge is -2.31. The third kappa shape index (κ3) is 4.47. The molecule has 1 aromatic carbocycles. The summed E-state index contributed by atoms with van der Waals surface area (Å²) in [5.74, 6) is 0.229. The van der Waals surface area contributed by atoms with Crippen molar-refractivity contribution in [1.29, 1.82) is 0 Å². The van der Waals surface area contributed by atoms with Crippen molar-refractivity contribution >= 4 is 18.3 Å². The number of piperazine rings is 1. The lowest BCUT2D eigenvalue weighted by molar-refractivity contribution is -0.133. The van der Waals surface area contributed by atoms with Gasteiger partial charge in [0.25, 0.3) is 0 Å². The molecule has 2 rings (SSSR count). The van der Waals surface area contributed by atoms with Crippen LogP contribution in [0.1, 0.15) is 18.5 Å². The molecule has 1 N–H and O–H groups in total. The van der Waals surface area contributed by atoms with Crippen molar-refractivity contribution in [1.82, 2.24) is 15.1 Å². The Hall–Kier alpha value is -1.10. The molecule has 0 aromatic heterocycles. The van der Waals surface area contributed by atoms with Crippen molar-refractivity contribution in [2.75, 3.05) is 39.8 Å². The first-order valence-electron chi connectivity index (χ1n) is 6.92. The van der Waals surface area contributed by atoms with Crippen LogP contribution in [0.25, 0.3) is 0 Å². The number of nitrogens with zero attached hydrogens (tertiary/aromatic N) is 2. The van der Waals surface area contributed by atoms with Crippen LogP contribution in [0.4, 0.5) is 0 Å². The molecule has 1 unspecified atom stereocenters. The molecule has 0 radical (unpaired) electrons. The van der Waals surface area contributed by atoms with Gasteiger partial charge in [0, 0.05) is 32.2 Å². The summed E-state index contributed by atoms with van der Waals surface area (Å²) < 4.78 is 0. The van der Waals surface area contributed by atoms with E-state index < -0.39 is 0 Å². The van der Waals surface area contributed by atoms with Crippen molar-refractivity contribution in [2.24, 2.45) is 0 Å². The van der Waals surface area contributed by atoms with E-state index in [-0.39, 0.29) is 24.4 Å². The predicted octanol–water partition coefficient (Wildman–Crippen LogP) is 1.53. The molecule has 1 aliphatic rings. The van der Waals surface area contributed by atoms with E-state index >= 15 is 0 Å². The number of hydrogen-bond donors (Lipinski definition) is 1. The molecule has 0 aliphatic carbocycles. The highest BCUT2D eigenvalue weighted by Gasteiger charge is 2.20. The monoisotopic (exact) mass is 297 g/mol. The first-order valence-corrected chi connectivity index (χ1v) is 6.92. The van der Waals surface area contributed by atoms with Gasteiger partial charge < -0.3 is 10.2 Å². The highest BCUT2D eigenvalue weighted by molar-refractivity contribution is 5.85. The van der Waals surface area contributed by atoms with Crippen LogP contribution in [0.2, 0.25) is 0 Å². The van der Waals surface area contributed by atoms with E-state index in [0.717, 1.165) is 26.2 Å². The Morgan fingerprint density at radius 2 is 1.90 bits per heavy atom. The smallest absolute Gasteiger partial charge is 0.236 e. The Balaban J connectivity index is 0.00000200. The van der Waals surface area contributed by atoms with Crippen LogP contribution in [-0.4, -0.2) is 55.5 Å². The molecule has 5 heteroatoms. The number of nitrogens with one attached hydrogen (secondary N) is 1. The van der Waals surface area contributed by atoms with Gasteiger partial charge in [0.05, 0.1) is 6.54 Å². The van der Waals surface area contributed by atoms with Gasteiger partial charge in [-0.1, -0.05) is 30.3 Å². The summed E-state index contributed by atoms with van der Waals surface area (Å²) in [5, 5.41) is 3.26. The van der Waals surface area contributed by atoms with Gasteiger partial charge in [0.1, 0.15) is 0 Å². The number of likely N-dealkylation sites (N-methyl/N-ethyl adjacent to an activating group) is 1. The molecule has 1 fully saturated rings. The Bertz CT molecular complexity index is 407. The number of carbonyl (C=O) groups is 1. The molecular weight excluding hydrogens is 274 g/mol. The van der Waals surface area contributed by atoms with Crippen molar-refractivity contribution in [3.8, 4) is 0 Å². The normalized spacial score (nSPS) is 16.6.